The molecule has 2 bridgehead atoms. The van der Waals surface area contributed by atoms with E-state index >= 15 is 0 Å². The van der Waals surface area contributed by atoms with Crippen LogP contribution in [0.5, 0.6) is 0 Å². The molecule has 0 aromatic heterocycles. The van der Waals surface area contributed by atoms with Gasteiger partial charge in [0, 0.05) is 17.8 Å². The lowest BCUT2D eigenvalue weighted by Crippen LogP contribution is -2.20. The van der Waals surface area contributed by atoms with Gasteiger partial charge in [0.05, 0.1) is 11.4 Å². The Labute approximate surface area is 80.9 Å². The zero-order valence-electron chi connectivity index (χ0n) is 7.41. The van der Waals surface area contributed by atoms with Gasteiger partial charge in [0.1, 0.15) is 0 Å². The molecule has 4 heteroatoms. The number of hydrogen-bond acceptors (Lipinski definition) is 4. The SMILES string of the molecule is ON=C1C=C[C@@H]2[C@@H]1[C@@H]1C=C[C@@H]2C1=NO. The molecule has 1 fully saturated rings. The molecule has 0 spiro atoms. The Kier molecular flexibility index (Phi) is 1.37. The number of hydrogen-bond donors (Lipinski definition) is 2. The molecule has 0 amide bonds. The first-order valence-corrected chi connectivity index (χ1v) is 4.67. The maximum atomic E-state index is 8.88. The molecule has 14 heavy (non-hydrogen) atoms. The van der Waals surface area contributed by atoms with Crippen molar-refractivity contribution < 1.29 is 10.4 Å². The highest BCUT2D eigenvalue weighted by Gasteiger charge is 2.52. The number of nitrogens with zero attached hydrogens (tertiary/aromatic N) is 2. The summed E-state index contributed by atoms with van der Waals surface area (Å²) in [6.45, 7) is 0. The number of allylic oxidation sites excluding steroid dienone is 4. The van der Waals surface area contributed by atoms with E-state index in [1.165, 1.54) is 0 Å². The van der Waals surface area contributed by atoms with E-state index in [2.05, 4.69) is 16.4 Å². The third kappa shape index (κ3) is 0.697. The number of rotatable bonds is 0. The monoisotopic (exact) mass is 190 g/mol. The van der Waals surface area contributed by atoms with Crippen molar-refractivity contribution >= 4 is 11.4 Å². The smallest absolute Gasteiger partial charge is 0.0839 e. The lowest BCUT2D eigenvalue weighted by Gasteiger charge is -2.17. The molecule has 0 saturated heterocycles. The van der Waals surface area contributed by atoms with E-state index in [0.717, 1.165) is 5.71 Å². The van der Waals surface area contributed by atoms with E-state index in [9.17, 15) is 0 Å². The Morgan fingerprint density at radius 3 is 2.50 bits per heavy atom. The van der Waals surface area contributed by atoms with E-state index in [0.29, 0.717) is 11.6 Å². The molecule has 0 unspecified atom stereocenters. The lowest BCUT2D eigenvalue weighted by atomic mass is 9.85. The van der Waals surface area contributed by atoms with Gasteiger partial charge in [-0.25, -0.2) is 0 Å². The van der Waals surface area contributed by atoms with Crippen LogP contribution in [0.15, 0.2) is 34.6 Å². The summed E-state index contributed by atoms with van der Waals surface area (Å²) in [5, 5.41) is 24.3. The van der Waals surface area contributed by atoms with Gasteiger partial charge in [0.2, 0.25) is 0 Å². The van der Waals surface area contributed by atoms with Crippen LogP contribution < -0.4 is 0 Å². The summed E-state index contributed by atoms with van der Waals surface area (Å²) >= 11 is 0. The summed E-state index contributed by atoms with van der Waals surface area (Å²) in [6, 6.07) is 0. The van der Waals surface area contributed by atoms with Crippen LogP contribution in [-0.2, 0) is 0 Å². The Morgan fingerprint density at radius 1 is 1.00 bits per heavy atom. The van der Waals surface area contributed by atoms with Crippen LogP contribution in [0.25, 0.3) is 0 Å². The molecular formula is C10H10N2O2. The van der Waals surface area contributed by atoms with Crippen LogP contribution in [0.4, 0.5) is 0 Å². The molecule has 0 aromatic carbocycles. The van der Waals surface area contributed by atoms with Gasteiger partial charge >= 0.3 is 0 Å². The highest BCUT2D eigenvalue weighted by atomic mass is 16.4. The van der Waals surface area contributed by atoms with Crippen molar-refractivity contribution in [1.82, 2.24) is 0 Å². The average Bonchev–Trinajstić information content (AvgIpc) is 2.87. The Bertz CT molecular complexity index is 395. The molecule has 0 heterocycles. The van der Waals surface area contributed by atoms with Crippen molar-refractivity contribution in [3.05, 3.63) is 24.3 Å². The molecule has 3 aliphatic carbocycles. The molecule has 0 aromatic rings. The molecule has 4 atom stereocenters. The first-order chi connectivity index (χ1) is 6.86. The molecule has 72 valence electrons. The van der Waals surface area contributed by atoms with Crippen molar-refractivity contribution in [2.24, 2.45) is 34.0 Å². The van der Waals surface area contributed by atoms with Gasteiger partial charge in [-0.1, -0.05) is 28.5 Å². The summed E-state index contributed by atoms with van der Waals surface area (Å²) < 4.78 is 0. The normalized spacial score (nSPS) is 48.3. The van der Waals surface area contributed by atoms with Crippen LogP contribution in [0.3, 0.4) is 0 Å². The zero-order valence-corrected chi connectivity index (χ0v) is 7.41. The van der Waals surface area contributed by atoms with Crippen LogP contribution in [0, 0.1) is 23.7 Å². The van der Waals surface area contributed by atoms with Gasteiger partial charge in [-0.15, -0.1) is 0 Å². The van der Waals surface area contributed by atoms with Crippen molar-refractivity contribution in [2.45, 2.75) is 0 Å². The van der Waals surface area contributed by atoms with Crippen molar-refractivity contribution in [3.8, 4) is 0 Å². The predicted octanol–water partition coefficient (Wildman–Crippen LogP) is 1.26. The maximum Gasteiger partial charge on any atom is 0.0839 e. The van der Waals surface area contributed by atoms with Gasteiger partial charge in [0.25, 0.3) is 0 Å². The predicted molar refractivity (Wildman–Crippen MR) is 50.7 cm³/mol. The largest absolute Gasteiger partial charge is 0.411 e. The van der Waals surface area contributed by atoms with Crippen molar-refractivity contribution in [3.63, 3.8) is 0 Å². The van der Waals surface area contributed by atoms with E-state index in [-0.39, 0.29) is 17.8 Å². The van der Waals surface area contributed by atoms with Gasteiger partial charge in [-0.2, -0.15) is 0 Å². The second-order valence-electron chi connectivity index (χ2n) is 3.95. The summed E-state index contributed by atoms with van der Waals surface area (Å²) in [7, 11) is 0. The number of fused-ring (bicyclic) bond motifs is 5. The maximum absolute atomic E-state index is 8.88. The van der Waals surface area contributed by atoms with Crippen LogP contribution >= 0.6 is 0 Å². The summed E-state index contributed by atoms with van der Waals surface area (Å²) in [5.41, 5.74) is 1.51. The van der Waals surface area contributed by atoms with Crippen LogP contribution in [-0.4, -0.2) is 21.8 Å². The fourth-order valence-corrected chi connectivity index (χ4v) is 2.93. The molecule has 0 aliphatic heterocycles. The van der Waals surface area contributed by atoms with E-state index in [4.69, 9.17) is 10.4 Å². The molecule has 4 nitrogen and oxygen atoms in total. The fraction of sp³-hybridized carbons (Fsp3) is 0.400. The summed E-state index contributed by atoms with van der Waals surface area (Å²) in [6.07, 6.45) is 8.01. The molecule has 1 saturated carbocycles. The van der Waals surface area contributed by atoms with Gasteiger partial charge < -0.3 is 10.4 Å². The Morgan fingerprint density at radius 2 is 1.79 bits per heavy atom. The van der Waals surface area contributed by atoms with E-state index in [1.807, 2.05) is 18.2 Å². The van der Waals surface area contributed by atoms with Crippen molar-refractivity contribution in [1.29, 1.82) is 0 Å². The number of oxime groups is 2. The van der Waals surface area contributed by atoms with Gasteiger partial charge in [-0.3, -0.25) is 0 Å². The van der Waals surface area contributed by atoms with E-state index < -0.39 is 0 Å². The van der Waals surface area contributed by atoms with E-state index in [1.54, 1.807) is 0 Å². The minimum Gasteiger partial charge on any atom is -0.411 e. The summed E-state index contributed by atoms with van der Waals surface area (Å²) in [5.74, 6) is 0.823. The minimum absolute atomic E-state index is 0.121. The third-order valence-electron chi connectivity index (χ3n) is 3.49. The highest BCUT2D eigenvalue weighted by Crippen LogP contribution is 2.49. The minimum atomic E-state index is 0.121. The van der Waals surface area contributed by atoms with Gasteiger partial charge in [0.15, 0.2) is 0 Å². The van der Waals surface area contributed by atoms with Crippen molar-refractivity contribution in [2.75, 3.05) is 0 Å². The Balaban J connectivity index is 2.08. The first-order valence-electron chi connectivity index (χ1n) is 4.67. The van der Waals surface area contributed by atoms with Crippen LogP contribution in [0.1, 0.15) is 0 Å². The molecule has 2 N–H and O–H groups in total. The molecular weight excluding hydrogens is 180 g/mol. The Hall–Kier alpha value is -1.58. The second-order valence-corrected chi connectivity index (χ2v) is 3.95. The van der Waals surface area contributed by atoms with Gasteiger partial charge in [-0.05, 0) is 12.0 Å². The molecule has 3 aliphatic rings. The fourth-order valence-electron chi connectivity index (χ4n) is 2.93. The average molecular weight is 190 g/mol. The highest BCUT2D eigenvalue weighted by molar-refractivity contribution is 6.09. The first kappa shape index (κ1) is 7.79. The zero-order chi connectivity index (χ0) is 9.71. The second kappa shape index (κ2) is 2.47. The lowest BCUT2D eigenvalue weighted by molar-refractivity contribution is 0.312. The molecule has 0 radical (unpaired) electrons. The van der Waals surface area contributed by atoms with Crippen LogP contribution in [0.2, 0.25) is 0 Å². The third-order valence-corrected chi connectivity index (χ3v) is 3.49. The standard InChI is InChI=1S/C10H10N2O2/c13-11-8-4-3-5-6-1-2-7(9(5)8)10(6)12-14/h1-7,9,13-14H/t5-,6-,7-,9+/m0/s1. The summed E-state index contributed by atoms with van der Waals surface area (Å²) in [4.78, 5) is 0. The quantitative estimate of drug-likeness (QED) is 0.343. The topological polar surface area (TPSA) is 65.2 Å². The molecule has 3 rings (SSSR count).